The number of rotatable bonds is 3. The number of fused-ring (bicyclic) bond motifs is 1. The minimum Gasteiger partial charge on any atom is -0.305 e. The number of nitrogens with zero attached hydrogens (tertiary/aromatic N) is 2. The van der Waals surface area contributed by atoms with Gasteiger partial charge in [0.15, 0.2) is 17.7 Å². The van der Waals surface area contributed by atoms with E-state index in [0.29, 0.717) is 28.3 Å². The standard InChI is InChI=1S/C17H16ClN3O/c1-3-12-5-4-11(2)21(9-12)10-16-19-15-8-13(18)6-7-14(15)17(22)20-16/h4-9H,3,10H2,1-2H3/p+1. The molecule has 0 atom stereocenters. The van der Waals surface area contributed by atoms with E-state index in [0.717, 1.165) is 12.1 Å². The Morgan fingerprint density at radius 3 is 2.86 bits per heavy atom. The highest BCUT2D eigenvalue weighted by atomic mass is 35.5. The van der Waals surface area contributed by atoms with Crippen molar-refractivity contribution < 1.29 is 4.57 Å². The lowest BCUT2D eigenvalue weighted by Crippen LogP contribution is -2.39. The Morgan fingerprint density at radius 1 is 1.27 bits per heavy atom. The minimum atomic E-state index is -0.137. The van der Waals surface area contributed by atoms with Crippen molar-refractivity contribution in [1.82, 2.24) is 9.97 Å². The SMILES string of the molecule is CCc1ccc(C)[n+](Cc2nc3cc(Cl)ccc3c(=O)[nH]2)c1. The van der Waals surface area contributed by atoms with Gasteiger partial charge in [0.2, 0.25) is 6.54 Å². The van der Waals surface area contributed by atoms with E-state index in [2.05, 4.69) is 39.8 Å². The fourth-order valence-electron chi connectivity index (χ4n) is 2.45. The number of aromatic amines is 1. The number of aromatic nitrogens is 3. The molecule has 1 N–H and O–H groups in total. The summed E-state index contributed by atoms with van der Waals surface area (Å²) in [7, 11) is 0. The van der Waals surface area contributed by atoms with Crippen molar-refractivity contribution in [2.24, 2.45) is 0 Å². The van der Waals surface area contributed by atoms with Gasteiger partial charge in [-0.05, 0) is 30.7 Å². The molecule has 5 heteroatoms. The number of pyridine rings is 1. The Kier molecular flexibility index (Phi) is 3.94. The van der Waals surface area contributed by atoms with E-state index in [1.54, 1.807) is 18.2 Å². The van der Waals surface area contributed by atoms with Crippen LogP contribution in [0.2, 0.25) is 5.02 Å². The first-order valence-electron chi connectivity index (χ1n) is 7.24. The van der Waals surface area contributed by atoms with Crippen LogP contribution in [0.15, 0.2) is 41.3 Å². The first-order chi connectivity index (χ1) is 10.6. The second-order valence-corrected chi connectivity index (χ2v) is 5.77. The molecule has 0 aliphatic carbocycles. The van der Waals surface area contributed by atoms with Crippen molar-refractivity contribution in [2.75, 3.05) is 0 Å². The molecule has 0 saturated carbocycles. The van der Waals surface area contributed by atoms with Gasteiger partial charge in [-0.25, -0.2) is 4.98 Å². The molecule has 4 nitrogen and oxygen atoms in total. The van der Waals surface area contributed by atoms with Crippen molar-refractivity contribution in [3.8, 4) is 0 Å². The molecule has 2 heterocycles. The average Bonchev–Trinajstić information content (AvgIpc) is 2.49. The van der Waals surface area contributed by atoms with Gasteiger partial charge in [-0.3, -0.25) is 4.79 Å². The summed E-state index contributed by atoms with van der Waals surface area (Å²) in [6.45, 7) is 4.68. The summed E-state index contributed by atoms with van der Waals surface area (Å²) in [5.74, 6) is 0.626. The summed E-state index contributed by atoms with van der Waals surface area (Å²) in [5, 5.41) is 1.13. The third-order valence-corrected chi connectivity index (χ3v) is 3.99. The maximum absolute atomic E-state index is 12.2. The molecule has 0 radical (unpaired) electrons. The minimum absolute atomic E-state index is 0.137. The van der Waals surface area contributed by atoms with Gasteiger partial charge in [0.05, 0.1) is 10.9 Å². The highest BCUT2D eigenvalue weighted by Gasteiger charge is 2.12. The molecule has 1 aromatic carbocycles. The fraction of sp³-hybridized carbons (Fsp3) is 0.235. The predicted molar refractivity (Wildman–Crippen MR) is 87.2 cm³/mol. The molecule has 0 spiro atoms. The third-order valence-electron chi connectivity index (χ3n) is 3.76. The number of hydrogen-bond acceptors (Lipinski definition) is 2. The average molecular weight is 315 g/mol. The van der Waals surface area contributed by atoms with Crippen LogP contribution in [-0.4, -0.2) is 9.97 Å². The van der Waals surface area contributed by atoms with Crippen LogP contribution in [0.1, 0.15) is 24.0 Å². The highest BCUT2D eigenvalue weighted by molar-refractivity contribution is 6.31. The van der Waals surface area contributed by atoms with Crippen molar-refractivity contribution in [3.63, 3.8) is 0 Å². The largest absolute Gasteiger partial charge is 0.305 e. The van der Waals surface area contributed by atoms with Gasteiger partial charge < -0.3 is 4.98 Å². The Bertz CT molecular complexity index is 902. The van der Waals surface area contributed by atoms with Crippen LogP contribution in [0.4, 0.5) is 0 Å². The third kappa shape index (κ3) is 2.88. The van der Waals surface area contributed by atoms with Crippen LogP contribution in [0, 0.1) is 6.92 Å². The zero-order chi connectivity index (χ0) is 15.7. The topological polar surface area (TPSA) is 49.6 Å². The van der Waals surface area contributed by atoms with Crippen molar-refractivity contribution in [1.29, 1.82) is 0 Å². The van der Waals surface area contributed by atoms with Gasteiger partial charge in [0, 0.05) is 23.6 Å². The summed E-state index contributed by atoms with van der Waals surface area (Å²) in [6.07, 6.45) is 3.06. The monoisotopic (exact) mass is 314 g/mol. The molecule has 112 valence electrons. The smallest absolute Gasteiger partial charge is 0.258 e. The number of nitrogens with one attached hydrogen (secondary N) is 1. The summed E-state index contributed by atoms with van der Waals surface area (Å²) in [6, 6.07) is 9.31. The number of halogens is 1. The van der Waals surface area contributed by atoms with Crippen molar-refractivity contribution >= 4 is 22.5 Å². The molecule has 0 aliphatic rings. The molecule has 0 unspecified atom stereocenters. The van der Waals surface area contributed by atoms with Gasteiger partial charge in [0.25, 0.3) is 5.56 Å². The lowest BCUT2D eigenvalue weighted by molar-refractivity contribution is -0.695. The van der Waals surface area contributed by atoms with E-state index in [9.17, 15) is 4.79 Å². The van der Waals surface area contributed by atoms with Crippen molar-refractivity contribution in [3.05, 3.63) is 69.0 Å². The first-order valence-corrected chi connectivity index (χ1v) is 7.62. The zero-order valence-corrected chi connectivity index (χ0v) is 13.3. The van der Waals surface area contributed by atoms with Crippen LogP contribution < -0.4 is 10.1 Å². The highest BCUT2D eigenvalue weighted by Crippen LogP contribution is 2.14. The maximum atomic E-state index is 12.2. The fourth-order valence-corrected chi connectivity index (χ4v) is 2.61. The van der Waals surface area contributed by atoms with Gasteiger partial charge >= 0.3 is 0 Å². The Morgan fingerprint density at radius 2 is 2.09 bits per heavy atom. The van der Waals surface area contributed by atoms with E-state index in [4.69, 9.17) is 11.6 Å². The normalized spacial score (nSPS) is 11.0. The molecule has 0 bridgehead atoms. The molecule has 0 aliphatic heterocycles. The number of benzene rings is 1. The second kappa shape index (κ2) is 5.89. The molecule has 2 aromatic heterocycles. The lowest BCUT2D eigenvalue weighted by atomic mass is 10.2. The van der Waals surface area contributed by atoms with E-state index in [1.807, 2.05) is 6.92 Å². The summed E-state index contributed by atoms with van der Waals surface area (Å²) in [4.78, 5) is 19.5. The number of hydrogen-bond donors (Lipinski definition) is 1. The summed E-state index contributed by atoms with van der Waals surface area (Å²) in [5.41, 5.74) is 2.85. The van der Waals surface area contributed by atoms with E-state index >= 15 is 0 Å². The van der Waals surface area contributed by atoms with Crippen molar-refractivity contribution in [2.45, 2.75) is 26.8 Å². The quantitative estimate of drug-likeness (QED) is 0.756. The van der Waals surface area contributed by atoms with Crippen LogP contribution in [0.25, 0.3) is 10.9 Å². The molecule has 0 amide bonds. The molecular formula is C17H17ClN3O+. The molecule has 0 fully saturated rings. The van der Waals surface area contributed by atoms with Gasteiger partial charge in [-0.1, -0.05) is 18.5 Å². The molecule has 3 aromatic rings. The van der Waals surface area contributed by atoms with Crippen LogP contribution in [0.3, 0.4) is 0 Å². The lowest BCUT2D eigenvalue weighted by Gasteiger charge is -2.04. The Hall–Kier alpha value is -2.20. The molecule has 3 rings (SSSR count). The van der Waals surface area contributed by atoms with E-state index in [1.165, 1.54) is 5.56 Å². The first kappa shape index (κ1) is 14.7. The van der Waals surface area contributed by atoms with Crippen LogP contribution >= 0.6 is 11.6 Å². The number of H-pyrrole nitrogens is 1. The predicted octanol–water partition coefficient (Wildman–Crippen LogP) is 2.78. The summed E-state index contributed by atoms with van der Waals surface area (Å²) < 4.78 is 2.09. The number of aryl methyl sites for hydroxylation is 2. The zero-order valence-electron chi connectivity index (χ0n) is 12.6. The van der Waals surface area contributed by atoms with Gasteiger partial charge in [-0.2, -0.15) is 4.57 Å². The van der Waals surface area contributed by atoms with Crippen LogP contribution in [0.5, 0.6) is 0 Å². The van der Waals surface area contributed by atoms with Crippen LogP contribution in [-0.2, 0) is 13.0 Å². The van der Waals surface area contributed by atoms with E-state index in [-0.39, 0.29) is 5.56 Å². The second-order valence-electron chi connectivity index (χ2n) is 5.33. The Balaban J connectivity index is 2.06. The van der Waals surface area contributed by atoms with E-state index < -0.39 is 0 Å². The Labute approximate surface area is 133 Å². The molecule has 22 heavy (non-hydrogen) atoms. The summed E-state index contributed by atoms with van der Waals surface area (Å²) >= 11 is 5.99. The molecular weight excluding hydrogens is 298 g/mol. The van der Waals surface area contributed by atoms with Gasteiger partial charge in [-0.15, -0.1) is 0 Å². The van der Waals surface area contributed by atoms with Gasteiger partial charge in [0.1, 0.15) is 0 Å². The maximum Gasteiger partial charge on any atom is 0.258 e. The molecule has 0 saturated heterocycles.